The number of likely N-dealkylation sites (tertiary alicyclic amines) is 1. The van der Waals surface area contributed by atoms with E-state index in [9.17, 15) is 13.2 Å². The SMILES string of the molecule is CC(Oc1ccc(C#N)cc1)C(=O)Nc1ccc(S(=O)(=O)N(C)C2CCN(C)CC2)cc1. The third-order valence-corrected chi connectivity index (χ3v) is 7.59. The molecule has 0 radical (unpaired) electrons. The monoisotopic (exact) mass is 456 g/mol. The summed E-state index contributed by atoms with van der Waals surface area (Å²) in [7, 11) is 0.0543. The molecule has 1 amide bonds. The van der Waals surface area contributed by atoms with E-state index >= 15 is 0 Å². The van der Waals surface area contributed by atoms with Crippen molar-refractivity contribution in [3.05, 3.63) is 54.1 Å². The Hall–Kier alpha value is -2.93. The smallest absolute Gasteiger partial charge is 0.265 e. The summed E-state index contributed by atoms with van der Waals surface area (Å²) >= 11 is 0. The van der Waals surface area contributed by atoms with Gasteiger partial charge in [-0.15, -0.1) is 0 Å². The van der Waals surface area contributed by atoms with E-state index in [2.05, 4.69) is 10.2 Å². The first-order valence-electron chi connectivity index (χ1n) is 10.4. The summed E-state index contributed by atoms with van der Waals surface area (Å²) in [4.78, 5) is 14.8. The normalized spacial score (nSPS) is 16.3. The number of rotatable bonds is 7. The summed E-state index contributed by atoms with van der Waals surface area (Å²) in [6.07, 6.45) is 0.830. The minimum absolute atomic E-state index is 0.0178. The molecule has 0 saturated carbocycles. The number of nitriles is 1. The first kappa shape index (κ1) is 23.7. The molecule has 1 saturated heterocycles. The van der Waals surface area contributed by atoms with Gasteiger partial charge in [0, 0.05) is 18.8 Å². The van der Waals surface area contributed by atoms with Crippen molar-refractivity contribution < 1.29 is 17.9 Å². The van der Waals surface area contributed by atoms with Crippen LogP contribution in [0.2, 0.25) is 0 Å². The van der Waals surface area contributed by atoms with Crippen molar-refractivity contribution in [3.63, 3.8) is 0 Å². The zero-order chi connectivity index (χ0) is 23.3. The average Bonchev–Trinajstić information content (AvgIpc) is 2.80. The van der Waals surface area contributed by atoms with Crippen molar-refractivity contribution in [1.29, 1.82) is 5.26 Å². The maximum atomic E-state index is 13.0. The van der Waals surface area contributed by atoms with Gasteiger partial charge < -0.3 is 15.0 Å². The van der Waals surface area contributed by atoms with Crippen LogP contribution in [0.4, 0.5) is 5.69 Å². The van der Waals surface area contributed by atoms with Crippen LogP contribution in [0.3, 0.4) is 0 Å². The number of ether oxygens (including phenoxy) is 1. The molecule has 1 atom stereocenters. The number of hydrogen-bond donors (Lipinski definition) is 1. The number of nitrogens with zero attached hydrogens (tertiary/aromatic N) is 3. The highest BCUT2D eigenvalue weighted by atomic mass is 32.2. The summed E-state index contributed by atoms with van der Waals surface area (Å²) in [6, 6.07) is 14.6. The van der Waals surface area contributed by atoms with Gasteiger partial charge in [0.15, 0.2) is 6.10 Å². The Balaban J connectivity index is 1.60. The molecule has 1 fully saturated rings. The largest absolute Gasteiger partial charge is 0.481 e. The highest BCUT2D eigenvalue weighted by Crippen LogP contribution is 2.23. The van der Waals surface area contributed by atoms with E-state index in [-0.39, 0.29) is 16.8 Å². The van der Waals surface area contributed by atoms with Crippen LogP contribution < -0.4 is 10.1 Å². The first-order valence-corrected chi connectivity index (χ1v) is 11.9. The number of piperidine rings is 1. The Kier molecular flexibility index (Phi) is 7.51. The van der Waals surface area contributed by atoms with Gasteiger partial charge in [0.2, 0.25) is 10.0 Å². The van der Waals surface area contributed by atoms with Crippen molar-refractivity contribution in [2.45, 2.75) is 36.8 Å². The molecule has 2 aromatic rings. The molecule has 8 nitrogen and oxygen atoms in total. The van der Waals surface area contributed by atoms with E-state index < -0.39 is 16.1 Å². The van der Waals surface area contributed by atoms with Gasteiger partial charge in [-0.25, -0.2) is 8.42 Å². The molecule has 1 heterocycles. The highest BCUT2D eigenvalue weighted by Gasteiger charge is 2.30. The van der Waals surface area contributed by atoms with Crippen LogP contribution in [-0.4, -0.2) is 62.9 Å². The molecule has 170 valence electrons. The summed E-state index contributed by atoms with van der Waals surface area (Å²) < 4.78 is 33.0. The predicted octanol–water partition coefficient (Wildman–Crippen LogP) is 2.68. The van der Waals surface area contributed by atoms with Gasteiger partial charge in [-0.1, -0.05) is 0 Å². The second kappa shape index (κ2) is 10.1. The van der Waals surface area contributed by atoms with E-state index in [0.29, 0.717) is 17.0 Å². The van der Waals surface area contributed by atoms with Gasteiger partial charge in [0.25, 0.3) is 5.91 Å². The lowest BCUT2D eigenvalue weighted by molar-refractivity contribution is -0.122. The van der Waals surface area contributed by atoms with Crippen molar-refractivity contribution >= 4 is 21.6 Å². The Morgan fingerprint density at radius 3 is 2.31 bits per heavy atom. The predicted molar refractivity (Wildman–Crippen MR) is 122 cm³/mol. The Morgan fingerprint density at radius 2 is 1.75 bits per heavy atom. The number of carbonyl (C=O) groups excluding carboxylic acids is 1. The fraction of sp³-hybridized carbons (Fsp3) is 0.391. The molecule has 9 heteroatoms. The molecule has 1 N–H and O–H groups in total. The fourth-order valence-electron chi connectivity index (χ4n) is 3.54. The number of hydrogen-bond acceptors (Lipinski definition) is 6. The summed E-state index contributed by atoms with van der Waals surface area (Å²) in [5.41, 5.74) is 0.983. The van der Waals surface area contributed by atoms with E-state index in [0.717, 1.165) is 25.9 Å². The van der Waals surface area contributed by atoms with Crippen molar-refractivity contribution in [1.82, 2.24) is 9.21 Å². The molecule has 0 bridgehead atoms. The van der Waals surface area contributed by atoms with Gasteiger partial charge in [-0.05, 0) is 88.4 Å². The number of anilines is 1. The van der Waals surface area contributed by atoms with Crippen LogP contribution in [0.5, 0.6) is 5.75 Å². The van der Waals surface area contributed by atoms with E-state index in [1.807, 2.05) is 13.1 Å². The second-order valence-corrected chi connectivity index (χ2v) is 9.96. The number of sulfonamides is 1. The summed E-state index contributed by atoms with van der Waals surface area (Å²) in [6.45, 7) is 3.36. The molecule has 1 aliphatic rings. The lowest BCUT2D eigenvalue weighted by Crippen LogP contribution is -2.44. The third-order valence-electron chi connectivity index (χ3n) is 5.67. The molecule has 2 aromatic carbocycles. The van der Waals surface area contributed by atoms with Crippen LogP contribution >= 0.6 is 0 Å². The van der Waals surface area contributed by atoms with Gasteiger partial charge in [0.1, 0.15) is 5.75 Å². The molecule has 1 unspecified atom stereocenters. The van der Waals surface area contributed by atoms with Crippen molar-refractivity contribution in [2.75, 3.05) is 32.5 Å². The minimum Gasteiger partial charge on any atom is -0.481 e. The van der Waals surface area contributed by atoms with Crippen molar-refractivity contribution in [3.8, 4) is 11.8 Å². The number of carbonyl (C=O) groups is 1. The van der Waals surface area contributed by atoms with Gasteiger partial charge in [-0.3, -0.25) is 4.79 Å². The van der Waals surface area contributed by atoms with Gasteiger partial charge >= 0.3 is 0 Å². The quantitative estimate of drug-likeness (QED) is 0.687. The van der Waals surface area contributed by atoms with Gasteiger partial charge in [-0.2, -0.15) is 9.57 Å². The third kappa shape index (κ3) is 5.65. The van der Waals surface area contributed by atoms with Crippen LogP contribution in [0.25, 0.3) is 0 Å². The number of nitrogens with one attached hydrogen (secondary N) is 1. The standard InChI is InChI=1S/C23H28N4O4S/c1-17(31-21-8-4-18(16-24)5-9-21)23(28)25-19-6-10-22(11-7-19)32(29,30)27(3)20-12-14-26(2)15-13-20/h4-11,17,20H,12-15H2,1-3H3,(H,25,28). The van der Waals surface area contributed by atoms with E-state index in [1.165, 1.54) is 16.4 Å². The fourth-order valence-corrected chi connectivity index (χ4v) is 4.96. The molecule has 0 aromatic heterocycles. The maximum Gasteiger partial charge on any atom is 0.265 e. The van der Waals surface area contributed by atoms with Crippen LogP contribution in [0, 0.1) is 11.3 Å². The Morgan fingerprint density at radius 1 is 1.16 bits per heavy atom. The zero-order valence-electron chi connectivity index (χ0n) is 18.5. The average molecular weight is 457 g/mol. The minimum atomic E-state index is -3.61. The molecular weight excluding hydrogens is 428 g/mol. The van der Waals surface area contributed by atoms with Crippen LogP contribution in [0.1, 0.15) is 25.3 Å². The van der Waals surface area contributed by atoms with E-state index in [4.69, 9.17) is 10.00 Å². The highest BCUT2D eigenvalue weighted by molar-refractivity contribution is 7.89. The summed E-state index contributed by atoms with van der Waals surface area (Å²) in [5.74, 6) is 0.110. The molecule has 32 heavy (non-hydrogen) atoms. The number of benzene rings is 2. The zero-order valence-corrected chi connectivity index (χ0v) is 19.3. The maximum absolute atomic E-state index is 13.0. The van der Waals surface area contributed by atoms with Crippen molar-refractivity contribution in [2.24, 2.45) is 0 Å². The lowest BCUT2D eigenvalue weighted by Gasteiger charge is -2.34. The topological polar surface area (TPSA) is 103 Å². The molecule has 1 aliphatic heterocycles. The Bertz CT molecular complexity index is 1070. The van der Waals surface area contributed by atoms with Gasteiger partial charge in [0.05, 0.1) is 16.5 Å². The lowest BCUT2D eigenvalue weighted by atomic mass is 10.1. The number of amides is 1. The molecule has 0 aliphatic carbocycles. The van der Waals surface area contributed by atoms with E-state index in [1.54, 1.807) is 50.4 Å². The van der Waals surface area contributed by atoms with Crippen LogP contribution in [-0.2, 0) is 14.8 Å². The molecular formula is C23H28N4O4S. The summed E-state index contributed by atoms with van der Waals surface area (Å²) in [5, 5.41) is 11.6. The van der Waals surface area contributed by atoms with Crippen LogP contribution in [0.15, 0.2) is 53.4 Å². The first-order chi connectivity index (χ1) is 15.2. The molecule has 0 spiro atoms. The second-order valence-electron chi connectivity index (χ2n) is 7.97. The Labute approximate surface area is 189 Å². The molecule has 3 rings (SSSR count).